The number of nitrogens with one attached hydrogen (secondary N) is 1. The Morgan fingerprint density at radius 1 is 1.16 bits per heavy atom. The minimum Gasteiger partial charge on any atom is -0.398 e. The van der Waals surface area contributed by atoms with E-state index in [2.05, 4.69) is 5.32 Å². The van der Waals surface area contributed by atoms with Crippen molar-refractivity contribution in [3.63, 3.8) is 0 Å². The first kappa shape index (κ1) is 12.9. The lowest BCUT2D eigenvalue weighted by Crippen LogP contribution is -2.05. The molecule has 0 aliphatic rings. The molecule has 0 radical (unpaired) electrons. The van der Waals surface area contributed by atoms with Crippen LogP contribution in [0.2, 0.25) is 0 Å². The van der Waals surface area contributed by atoms with Crippen molar-refractivity contribution in [1.29, 1.82) is 5.26 Å². The average Bonchev–Trinajstić information content (AvgIpc) is 2.43. The van der Waals surface area contributed by atoms with E-state index in [1.54, 1.807) is 24.3 Å². The SMILES string of the molecule is N#Cc1cc(NCCc2ccc(F)cc2)ccc1N. The molecule has 3 nitrogen and oxygen atoms in total. The van der Waals surface area contributed by atoms with Gasteiger partial charge in [0, 0.05) is 17.9 Å². The Morgan fingerprint density at radius 3 is 2.58 bits per heavy atom. The van der Waals surface area contributed by atoms with Crippen molar-refractivity contribution in [2.75, 3.05) is 17.6 Å². The van der Waals surface area contributed by atoms with E-state index >= 15 is 0 Å². The summed E-state index contributed by atoms with van der Waals surface area (Å²) in [6, 6.07) is 13.7. The van der Waals surface area contributed by atoms with Gasteiger partial charge in [-0.3, -0.25) is 0 Å². The van der Waals surface area contributed by atoms with Crippen LogP contribution in [0.1, 0.15) is 11.1 Å². The number of rotatable bonds is 4. The van der Waals surface area contributed by atoms with Gasteiger partial charge in [-0.1, -0.05) is 12.1 Å². The monoisotopic (exact) mass is 255 g/mol. The Hall–Kier alpha value is -2.54. The first-order valence-electron chi connectivity index (χ1n) is 5.97. The first-order valence-corrected chi connectivity index (χ1v) is 5.97. The highest BCUT2D eigenvalue weighted by Gasteiger charge is 2.00. The fourth-order valence-electron chi connectivity index (χ4n) is 1.77. The van der Waals surface area contributed by atoms with Crippen LogP contribution >= 0.6 is 0 Å². The van der Waals surface area contributed by atoms with Crippen LogP contribution in [0.3, 0.4) is 0 Å². The van der Waals surface area contributed by atoms with Crippen molar-refractivity contribution in [1.82, 2.24) is 0 Å². The second-order valence-corrected chi connectivity index (χ2v) is 4.22. The molecule has 2 rings (SSSR count). The molecule has 96 valence electrons. The van der Waals surface area contributed by atoms with Crippen molar-refractivity contribution in [2.45, 2.75) is 6.42 Å². The van der Waals surface area contributed by atoms with Crippen LogP contribution in [0.15, 0.2) is 42.5 Å². The standard InChI is InChI=1S/C15H14FN3/c16-13-3-1-11(2-4-13)7-8-19-14-5-6-15(18)12(9-14)10-17/h1-6,9,19H,7-8,18H2. The molecule has 4 heteroatoms. The van der Waals surface area contributed by atoms with E-state index < -0.39 is 0 Å². The highest BCUT2D eigenvalue weighted by atomic mass is 19.1. The van der Waals surface area contributed by atoms with Gasteiger partial charge in [-0.25, -0.2) is 4.39 Å². The number of benzene rings is 2. The fourth-order valence-corrected chi connectivity index (χ4v) is 1.77. The van der Waals surface area contributed by atoms with E-state index in [0.717, 1.165) is 17.7 Å². The molecule has 0 heterocycles. The number of halogens is 1. The molecule has 0 bridgehead atoms. The summed E-state index contributed by atoms with van der Waals surface area (Å²) < 4.78 is 12.7. The van der Waals surface area contributed by atoms with Crippen LogP contribution in [0, 0.1) is 17.1 Å². The molecule has 0 saturated carbocycles. The van der Waals surface area contributed by atoms with Crippen molar-refractivity contribution in [2.24, 2.45) is 0 Å². The smallest absolute Gasteiger partial charge is 0.123 e. The molecule has 0 unspecified atom stereocenters. The lowest BCUT2D eigenvalue weighted by atomic mass is 10.1. The van der Waals surface area contributed by atoms with Gasteiger partial charge < -0.3 is 11.1 Å². The van der Waals surface area contributed by atoms with Crippen LogP contribution in [0.25, 0.3) is 0 Å². The molecule has 19 heavy (non-hydrogen) atoms. The highest BCUT2D eigenvalue weighted by Crippen LogP contribution is 2.16. The third-order valence-corrected chi connectivity index (χ3v) is 2.83. The van der Waals surface area contributed by atoms with Gasteiger partial charge in [-0.05, 0) is 42.3 Å². The van der Waals surface area contributed by atoms with Crippen molar-refractivity contribution < 1.29 is 4.39 Å². The fraction of sp³-hybridized carbons (Fsp3) is 0.133. The molecular formula is C15H14FN3. The van der Waals surface area contributed by atoms with Gasteiger partial charge in [-0.15, -0.1) is 0 Å². The number of hydrogen-bond donors (Lipinski definition) is 2. The van der Waals surface area contributed by atoms with E-state index in [9.17, 15) is 4.39 Å². The molecule has 0 spiro atoms. The molecule has 0 saturated heterocycles. The van der Waals surface area contributed by atoms with Crippen molar-refractivity contribution >= 4 is 11.4 Å². The lowest BCUT2D eigenvalue weighted by Gasteiger charge is -2.07. The second kappa shape index (κ2) is 5.87. The Labute approximate surface area is 111 Å². The summed E-state index contributed by atoms with van der Waals surface area (Å²) in [6.45, 7) is 0.709. The average molecular weight is 255 g/mol. The van der Waals surface area contributed by atoms with Gasteiger partial charge in [0.25, 0.3) is 0 Å². The maximum Gasteiger partial charge on any atom is 0.123 e. The Morgan fingerprint density at radius 2 is 1.89 bits per heavy atom. The number of nitrogen functional groups attached to an aromatic ring is 1. The maximum absolute atomic E-state index is 12.7. The van der Waals surface area contributed by atoms with Crippen LogP contribution < -0.4 is 11.1 Å². The number of nitriles is 1. The van der Waals surface area contributed by atoms with Gasteiger partial charge in [0.15, 0.2) is 0 Å². The molecule has 0 fully saturated rings. The number of nitrogens with two attached hydrogens (primary N) is 1. The largest absolute Gasteiger partial charge is 0.398 e. The molecular weight excluding hydrogens is 241 g/mol. The normalized spacial score (nSPS) is 9.89. The molecule has 0 aliphatic heterocycles. The summed E-state index contributed by atoms with van der Waals surface area (Å²) >= 11 is 0. The molecule has 2 aromatic carbocycles. The molecule has 0 aromatic heterocycles. The zero-order chi connectivity index (χ0) is 13.7. The topological polar surface area (TPSA) is 61.8 Å². The highest BCUT2D eigenvalue weighted by molar-refractivity contribution is 5.61. The molecule has 3 N–H and O–H groups in total. The van der Waals surface area contributed by atoms with Crippen LogP contribution in [0.4, 0.5) is 15.8 Å². The zero-order valence-corrected chi connectivity index (χ0v) is 10.4. The summed E-state index contributed by atoms with van der Waals surface area (Å²) in [5.74, 6) is -0.228. The van der Waals surface area contributed by atoms with Crippen molar-refractivity contribution in [3.05, 3.63) is 59.4 Å². The summed E-state index contributed by atoms with van der Waals surface area (Å²) in [6.07, 6.45) is 0.784. The number of nitrogens with zero attached hydrogens (tertiary/aromatic N) is 1. The summed E-state index contributed by atoms with van der Waals surface area (Å²) in [7, 11) is 0. The Balaban J connectivity index is 1.92. The van der Waals surface area contributed by atoms with Gasteiger partial charge in [0.2, 0.25) is 0 Å². The third-order valence-electron chi connectivity index (χ3n) is 2.83. The van der Waals surface area contributed by atoms with Gasteiger partial charge in [0.1, 0.15) is 11.9 Å². The first-order chi connectivity index (χ1) is 9.19. The van der Waals surface area contributed by atoms with E-state index in [0.29, 0.717) is 17.8 Å². The van der Waals surface area contributed by atoms with E-state index in [-0.39, 0.29) is 5.82 Å². The van der Waals surface area contributed by atoms with Crippen LogP contribution in [-0.2, 0) is 6.42 Å². The Bertz CT molecular complexity index is 600. The summed E-state index contributed by atoms with van der Waals surface area (Å²) in [5, 5.41) is 12.1. The third kappa shape index (κ3) is 3.46. The van der Waals surface area contributed by atoms with E-state index in [4.69, 9.17) is 11.0 Å². The zero-order valence-electron chi connectivity index (χ0n) is 10.4. The quantitative estimate of drug-likeness (QED) is 0.826. The Kier molecular flexibility index (Phi) is 3.99. The molecule has 0 amide bonds. The molecule has 2 aromatic rings. The van der Waals surface area contributed by atoms with Crippen molar-refractivity contribution in [3.8, 4) is 6.07 Å². The minimum atomic E-state index is -0.228. The van der Waals surface area contributed by atoms with Gasteiger partial charge >= 0.3 is 0 Å². The summed E-state index contributed by atoms with van der Waals surface area (Å²) in [5.41, 5.74) is 8.51. The molecule has 0 aliphatic carbocycles. The lowest BCUT2D eigenvalue weighted by molar-refractivity contribution is 0.627. The van der Waals surface area contributed by atoms with Crippen LogP contribution in [0.5, 0.6) is 0 Å². The minimum absolute atomic E-state index is 0.228. The van der Waals surface area contributed by atoms with E-state index in [1.165, 1.54) is 12.1 Å². The molecule has 0 atom stereocenters. The second-order valence-electron chi connectivity index (χ2n) is 4.22. The van der Waals surface area contributed by atoms with Gasteiger partial charge in [0.05, 0.1) is 5.56 Å². The summed E-state index contributed by atoms with van der Waals surface area (Å²) in [4.78, 5) is 0. The van der Waals surface area contributed by atoms with Crippen LogP contribution in [-0.4, -0.2) is 6.54 Å². The predicted octanol–water partition coefficient (Wildman–Crippen LogP) is 2.93. The van der Waals surface area contributed by atoms with Gasteiger partial charge in [-0.2, -0.15) is 5.26 Å². The predicted molar refractivity (Wildman–Crippen MR) is 74.2 cm³/mol. The number of anilines is 2. The number of hydrogen-bond acceptors (Lipinski definition) is 3. The maximum atomic E-state index is 12.7. The van der Waals surface area contributed by atoms with E-state index in [1.807, 2.05) is 12.1 Å².